The van der Waals surface area contributed by atoms with Gasteiger partial charge >= 0.3 is 5.97 Å². The molecule has 0 aliphatic heterocycles. The van der Waals surface area contributed by atoms with E-state index in [0.717, 1.165) is 0 Å². The van der Waals surface area contributed by atoms with Crippen LogP contribution in [0.1, 0.15) is 0 Å². The average Bonchev–Trinajstić information content (AvgIpc) is 1.84. The lowest BCUT2D eigenvalue weighted by molar-refractivity contribution is -0.140. The van der Waals surface area contributed by atoms with Crippen LogP contribution in [0.5, 0.6) is 0 Å². The van der Waals surface area contributed by atoms with E-state index in [1.165, 1.54) is 0 Å². The van der Waals surface area contributed by atoms with E-state index < -0.39 is 18.1 Å². The average molecular weight is 129 g/mol. The fraction of sp³-hybridized carbons (Fsp3) is 0.400. The minimum absolute atomic E-state index is 1.31. The molecule has 0 spiro atoms. The van der Waals surface area contributed by atoms with Gasteiger partial charge in [0.1, 0.15) is 12.1 Å². The summed E-state index contributed by atoms with van der Waals surface area (Å²) in [6.45, 7) is 0. The maximum atomic E-state index is 9.92. The number of aliphatic hydroxyl groups excluding tert-OH is 1. The highest BCUT2D eigenvalue weighted by Gasteiger charge is 2.18. The summed E-state index contributed by atoms with van der Waals surface area (Å²) in [5.74, 6) is 0.491. The van der Waals surface area contributed by atoms with Crippen LogP contribution in [-0.2, 0) is 4.79 Å². The maximum Gasteiger partial charge on any atom is 0.324 e. The first-order chi connectivity index (χ1) is 4.09. The minimum atomic E-state index is -1.40. The molecular formula is C5H7NO3. The molecule has 0 saturated carbocycles. The van der Waals surface area contributed by atoms with Crippen LogP contribution in [0.3, 0.4) is 0 Å². The Labute approximate surface area is 52.3 Å². The molecular weight excluding hydrogens is 122 g/mol. The molecule has 4 nitrogen and oxygen atoms in total. The minimum Gasteiger partial charge on any atom is -0.480 e. The van der Waals surface area contributed by atoms with Gasteiger partial charge in [-0.15, -0.1) is 6.42 Å². The molecule has 0 radical (unpaired) electrons. The van der Waals surface area contributed by atoms with Crippen molar-refractivity contribution >= 4 is 5.97 Å². The topological polar surface area (TPSA) is 83.5 Å². The second-order valence-electron chi connectivity index (χ2n) is 1.48. The predicted molar refractivity (Wildman–Crippen MR) is 30.5 cm³/mol. The third kappa shape index (κ3) is 2.13. The number of terminal acetylenes is 1. The van der Waals surface area contributed by atoms with Crippen LogP contribution in [0.4, 0.5) is 0 Å². The van der Waals surface area contributed by atoms with E-state index in [9.17, 15) is 4.79 Å². The number of aliphatic carboxylic acids is 1. The fourth-order valence-electron chi connectivity index (χ4n) is 0.239. The summed E-state index contributed by atoms with van der Waals surface area (Å²) >= 11 is 0. The summed E-state index contributed by atoms with van der Waals surface area (Å²) in [5.41, 5.74) is 4.88. The van der Waals surface area contributed by atoms with Gasteiger partial charge in [0, 0.05) is 0 Å². The van der Waals surface area contributed by atoms with Gasteiger partial charge in [-0.05, 0) is 0 Å². The highest BCUT2D eigenvalue weighted by Crippen LogP contribution is 1.86. The van der Waals surface area contributed by atoms with Crippen molar-refractivity contribution in [1.29, 1.82) is 0 Å². The summed E-state index contributed by atoms with van der Waals surface area (Å²) in [7, 11) is 0. The Morgan fingerprint density at radius 1 is 1.78 bits per heavy atom. The van der Waals surface area contributed by atoms with Crippen molar-refractivity contribution in [3.8, 4) is 12.3 Å². The van der Waals surface area contributed by atoms with Crippen LogP contribution in [0.25, 0.3) is 0 Å². The van der Waals surface area contributed by atoms with Crippen molar-refractivity contribution < 1.29 is 15.0 Å². The van der Waals surface area contributed by atoms with Crippen molar-refractivity contribution in [2.45, 2.75) is 12.1 Å². The van der Waals surface area contributed by atoms with Crippen LogP contribution in [0.2, 0.25) is 0 Å². The normalized spacial score (nSPS) is 15.7. The Kier molecular flexibility index (Phi) is 2.71. The molecule has 4 heteroatoms. The zero-order chi connectivity index (χ0) is 7.44. The van der Waals surface area contributed by atoms with Crippen molar-refractivity contribution in [2.75, 3.05) is 0 Å². The quantitative estimate of drug-likeness (QED) is 0.392. The number of carboxylic acids is 1. The molecule has 0 rings (SSSR count). The number of hydrogen-bond donors (Lipinski definition) is 3. The summed E-state index contributed by atoms with van der Waals surface area (Å²) in [6, 6.07) is -1.38. The molecule has 0 aromatic heterocycles. The van der Waals surface area contributed by atoms with Gasteiger partial charge in [-0.1, -0.05) is 5.92 Å². The fourth-order valence-corrected chi connectivity index (χ4v) is 0.239. The monoisotopic (exact) mass is 129 g/mol. The maximum absolute atomic E-state index is 9.92. The van der Waals surface area contributed by atoms with Gasteiger partial charge < -0.3 is 15.9 Å². The van der Waals surface area contributed by atoms with E-state index in [4.69, 9.17) is 15.9 Å². The number of carboxylic acid groups (broad SMARTS) is 1. The molecule has 0 bridgehead atoms. The van der Waals surface area contributed by atoms with E-state index in [-0.39, 0.29) is 0 Å². The first-order valence-corrected chi connectivity index (χ1v) is 2.22. The number of hydrogen-bond acceptors (Lipinski definition) is 3. The lowest BCUT2D eigenvalue weighted by Gasteiger charge is -2.06. The highest BCUT2D eigenvalue weighted by molar-refractivity contribution is 5.74. The predicted octanol–water partition coefficient (Wildman–Crippen LogP) is -1.61. The summed E-state index contributed by atoms with van der Waals surface area (Å²) < 4.78 is 0. The Bertz CT molecular complexity index is 149. The third-order valence-electron chi connectivity index (χ3n) is 0.796. The van der Waals surface area contributed by atoms with Crippen LogP contribution >= 0.6 is 0 Å². The van der Waals surface area contributed by atoms with Gasteiger partial charge in [-0.3, -0.25) is 4.79 Å². The Morgan fingerprint density at radius 3 is 2.33 bits per heavy atom. The molecule has 0 unspecified atom stereocenters. The lowest BCUT2D eigenvalue weighted by Crippen LogP contribution is -2.40. The lowest BCUT2D eigenvalue weighted by atomic mass is 10.2. The van der Waals surface area contributed by atoms with Crippen LogP contribution in [-0.4, -0.2) is 28.3 Å². The van der Waals surface area contributed by atoms with Gasteiger partial charge in [0.05, 0.1) is 0 Å². The van der Waals surface area contributed by atoms with Gasteiger partial charge in [-0.2, -0.15) is 0 Å². The van der Waals surface area contributed by atoms with E-state index in [0.29, 0.717) is 0 Å². The smallest absolute Gasteiger partial charge is 0.324 e. The molecule has 0 heterocycles. The third-order valence-corrected chi connectivity index (χ3v) is 0.796. The molecule has 0 aromatic carbocycles. The molecule has 2 atom stereocenters. The first kappa shape index (κ1) is 7.95. The number of nitrogens with two attached hydrogens (primary N) is 1. The molecule has 0 aliphatic rings. The van der Waals surface area contributed by atoms with Crippen molar-refractivity contribution in [2.24, 2.45) is 5.73 Å². The molecule has 0 saturated heterocycles. The van der Waals surface area contributed by atoms with Crippen LogP contribution in [0, 0.1) is 12.3 Å². The number of rotatable bonds is 2. The second kappa shape index (κ2) is 3.07. The molecule has 0 aromatic rings. The standard InChI is InChI=1S/C5H7NO3/c1-2-3(7)4(6)5(8)9/h1,3-4,7H,6H2,(H,8,9)/t3-,4+/m1/s1. The van der Waals surface area contributed by atoms with Gasteiger partial charge in [0.25, 0.3) is 0 Å². The second-order valence-corrected chi connectivity index (χ2v) is 1.48. The largest absolute Gasteiger partial charge is 0.480 e. The zero-order valence-electron chi connectivity index (χ0n) is 4.61. The molecule has 9 heavy (non-hydrogen) atoms. The Hall–Kier alpha value is -1.05. The van der Waals surface area contributed by atoms with Gasteiger partial charge in [-0.25, -0.2) is 0 Å². The molecule has 4 N–H and O–H groups in total. The van der Waals surface area contributed by atoms with Crippen molar-refractivity contribution in [3.05, 3.63) is 0 Å². The summed E-state index contributed by atoms with van der Waals surface area (Å²) in [5, 5.41) is 16.7. The van der Waals surface area contributed by atoms with Gasteiger partial charge in [0.2, 0.25) is 0 Å². The van der Waals surface area contributed by atoms with Crippen molar-refractivity contribution in [1.82, 2.24) is 0 Å². The Morgan fingerprint density at radius 2 is 2.22 bits per heavy atom. The molecule has 50 valence electrons. The first-order valence-electron chi connectivity index (χ1n) is 2.22. The Balaban J connectivity index is 3.91. The van der Waals surface area contributed by atoms with Crippen LogP contribution < -0.4 is 5.73 Å². The SMILES string of the molecule is C#C[C@@H](O)[C@H](N)C(=O)O. The zero-order valence-corrected chi connectivity index (χ0v) is 4.61. The molecule has 0 fully saturated rings. The van der Waals surface area contributed by atoms with E-state index in [1.54, 1.807) is 5.92 Å². The summed E-state index contributed by atoms with van der Waals surface area (Å²) in [6.07, 6.45) is 3.27. The van der Waals surface area contributed by atoms with Crippen molar-refractivity contribution in [3.63, 3.8) is 0 Å². The molecule has 0 aliphatic carbocycles. The number of carbonyl (C=O) groups is 1. The van der Waals surface area contributed by atoms with E-state index >= 15 is 0 Å². The number of aliphatic hydroxyl groups is 1. The van der Waals surface area contributed by atoms with E-state index in [1.807, 2.05) is 0 Å². The van der Waals surface area contributed by atoms with Crippen LogP contribution in [0.15, 0.2) is 0 Å². The highest BCUT2D eigenvalue weighted by atomic mass is 16.4. The summed E-state index contributed by atoms with van der Waals surface area (Å²) in [4.78, 5) is 9.92. The van der Waals surface area contributed by atoms with E-state index in [2.05, 4.69) is 6.42 Å². The van der Waals surface area contributed by atoms with Gasteiger partial charge in [0.15, 0.2) is 0 Å². The molecule has 0 amide bonds.